The van der Waals surface area contributed by atoms with Gasteiger partial charge >= 0.3 is 0 Å². The summed E-state index contributed by atoms with van der Waals surface area (Å²) in [6.07, 6.45) is 4.17. The second-order valence-electron chi connectivity index (χ2n) is 6.40. The number of rotatable bonds is 5. The van der Waals surface area contributed by atoms with Crippen molar-refractivity contribution in [3.05, 3.63) is 59.9 Å². The zero-order chi connectivity index (χ0) is 17.6. The van der Waals surface area contributed by atoms with Gasteiger partial charge in [0.15, 0.2) is 0 Å². The summed E-state index contributed by atoms with van der Waals surface area (Å²) in [5.74, 6) is 1.01. The third kappa shape index (κ3) is 4.37. The number of methoxy groups -OCH3 is 1. The molecule has 1 aliphatic heterocycles. The van der Waals surface area contributed by atoms with Crippen LogP contribution >= 0.6 is 0 Å². The van der Waals surface area contributed by atoms with E-state index in [9.17, 15) is 4.79 Å². The molecular formula is C20H25N3O2. The summed E-state index contributed by atoms with van der Waals surface area (Å²) >= 11 is 0. The Bertz CT molecular complexity index is 680. The van der Waals surface area contributed by atoms with Crippen LogP contribution in [0.25, 0.3) is 0 Å². The molecule has 2 heterocycles. The molecule has 0 unspecified atom stereocenters. The van der Waals surface area contributed by atoms with Crippen molar-refractivity contribution in [3.63, 3.8) is 0 Å². The van der Waals surface area contributed by atoms with Crippen molar-refractivity contribution in [3.8, 4) is 5.75 Å². The molecule has 1 aliphatic rings. The fraction of sp³-hybridized carbons (Fsp3) is 0.400. The first-order valence-electron chi connectivity index (χ1n) is 8.72. The van der Waals surface area contributed by atoms with Crippen LogP contribution in [0.3, 0.4) is 0 Å². The molecule has 2 aromatic rings. The summed E-state index contributed by atoms with van der Waals surface area (Å²) in [6.45, 7) is 5.54. The molecule has 0 spiro atoms. The third-order valence-corrected chi connectivity index (χ3v) is 4.90. The number of pyridine rings is 1. The number of nitrogens with zero attached hydrogens (tertiary/aromatic N) is 3. The molecule has 0 N–H and O–H groups in total. The summed E-state index contributed by atoms with van der Waals surface area (Å²) in [6, 6.07) is 12.1. The van der Waals surface area contributed by atoms with Crippen molar-refractivity contribution < 1.29 is 9.53 Å². The normalized spacial score (nSPS) is 16.5. The Labute approximate surface area is 149 Å². The number of benzene rings is 1. The molecule has 132 valence electrons. The predicted molar refractivity (Wildman–Crippen MR) is 97.5 cm³/mol. The van der Waals surface area contributed by atoms with Crippen LogP contribution in [-0.2, 0) is 11.2 Å². The molecule has 1 aromatic heterocycles. The Hall–Kier alpha value is -2.40. The second kappa shape index (κ2) is 8.12. The highest BCUT2D eigenvalue weighted by Gasteiger charge is 2.24. The fourth-order valence-corrected chi connectivity index (χ4v) is 3.22. The van der Waals surface area contributed by atoms with Crippen molar-refractivity contribution in [1.82, 2.24) is 14.8 Å². The molecule has 5 heteroatoms. The van der Waals surface area contributed by atoms with E-state index in [4.69, 9.17) is 4.74 Å². The minimum Gasteiger partial charge on any atom is -0.497 e. The zero-order valence-corrected chi connectivity index (χ0v) is 14.9. The largest absolute Gasteiger partial charge is 0.497 e. The maximum absolute atomic E-state index is 12.5. The predicted octanol–water partition coefficient (Wildman–Crippen LogP) is 2.54. The van der Waals surface area contributed by atoms with Gasteiger partial charge in [-0.2, -0.15) is 0 Å². The van der Waals surface area contributed by atoms with Crippen molar-refractivity contribution >= 4 is 5.91 Å². The average Bonchev–Trinajstić information content (AvgIpc) is 2.69. The first kappa shape index (κ1) is 17.4. The minimum absolute atomic E-state index is 0.193. The van der Waals surface area contributed by atoms with Gasteiger partial charge < -0.3 is 9.64 Å². The number of carbonyl (C=O) groups excluding carboxylic acids is 1. The summed E-state index contributed by atoms with van der Waals surface area (Å²) in [5, 5.41) is 0. The third-order valence-electron chi connectivity index (χ3n) is 4.90. The van der Waals surface area contributed by atoms with Crippen LogP contribution < -0.4 is 4.74 Å². The number of piperazine rings is 1. The number of ether oxygens (including phenoxy) is 1. The summed E-state index contributed by atoms with van der Waals surface area (Å²) in [7, 11) is 1.64. The number of carbonyl (C=O) groups is 1. The van der Waals surface area contributed by atoms with E-state index >= 15 is 0 Å². The molecule has 0 radical (unpaired) electrons. The quantitative estimate of drug-likeness (QED) is 0.840. The van der Waals surface area contributed by atoms with Gasteiger partial charge in [-0.05, 0) is 36.2 Å². The molecule has 5 nitrogen and oxygen atoms in total. The molecule has 0 aliphatic carbocycles. The molecule has 0 saturated carbocycles. The van der Waals surface area contributed by atoms with Crippen molar-refractivity contribution in [1.29, 1.82) is 0 Å². The SMILES string of the molecule is COc1ccc(CC(=O)N2CCN([C@H](C)c3cccnc3)CC2)cc1. The molecule has 3 rings (SSSR count). The lowest BCUT2D eigenvalue weighted by Gasteiger charge is -2.38. The topological polar surface area (TPSA) is 45.7 Å². The standard InChI is InChI=1S/C20H25N3O2/c1-16(18-4-3-9-21-15-18)22-10-12-23(13-11-22)20(24)14-17-5-7-19(25-2)8-6-17/h3-9,15-16H,10-14H2,1-2H3/t16-/m1/s1. The van der Waals surface area contributed by atoms with E-state index < -0.39 is 0 Å². The minimum atomic E-state index is 0.193. The second-order valence-corrected chi connectivity index (χ2v) is 6.40. The van der Waals surface area contributed by atoms with Crippen molar-refractivity contribution in [2.24, 2.45) is 0 Å². The molecule has 1 fully saturated rings. The van der Waals surface area contributed by atoms with E-state index in [1.54, 1.807) is 13.3 Å². The summed E-state index contributed by atoms with van der Waals surface area (Å²) in [4.78, 5) is 21.1. The van der Waals surface area contributed by atoms with E-state index in [0.29, 0.717) is 12.5 Å². The van der Waals surface area contributed by atoms with E-state index in [1.807, 2.05) is 41.4 Å². The van der Waals surface area contributed by atoms with Gasteiger partial charge in [-0.1, -0.05) is 18.2 Å². The maximum Gasteiger partial charge on any atom is 0.227 e. The van der Waals surface area contributed by atoms with Gasteiger partial charge in [-0.15, -0.1) is 0 Å². The lowest BCUT2D eigenvalue weighted by Crippen LogP contribution is -2.49. The average molecular weight is 339 g/mol. The number of aromatic nitrogens is 1. The Balaban J connectivity index is 1.52. The Morgan fingerprint density at radius 3 is 2.48 bits per heavy atom. The van der Waals surface area contributed by atoms with Gasteiger partial charge in [0.1, 0.15) is 5.75 Å². The van der Waals surface area contributed by atoms with Crippen LogP contribution in [0.1, 0.15) is 24.1 Å². The van der Waals surface area contributed by atoms with Gasteiger partial charge in [-0.25, -0.2) is 0 Å². The summed E-state index contributed by atoms with van der Waals surface area (Å²) in [5.41, 5.74) is 2.25. The lowest BCUT2D eigenvalue weighted by atomic mass is 10.1. The van der Waals surface area contributed by atoms with E-state index in [2.05, 4.69) is 22.9 Å². The van der Waals surface area contributed by atoms with Crippen LogP contribution in [0.2, 0.25) is 0 Å². The molecule has 1 amide bonds. The molecular weight excluding hydrogens is 314 g/mol. The highest BCUT2D eigenvalue weighted by molar-refractivity contribution is 5.79. The first-order chi connectivity index (χ1) is 12.2. The van der Waals surface area contributed by atoms with Crippen LogP contribution in [0.5, 0.6) is 5.75 Å². The molecule has 25 heavy (non-hydrogen) atoms. The van der Waals surface area contributed by atoms with Crippen LogP contribution in [0.15, 0.2) is 48.8 Å². The molecule has 1 aromatic carbocycles. The van der Waals surface area contributed by atoms with Crippen LogP contribution in [-0.4, -0.2) is 54.0 Å². The van der Waals surface area contributed by atoms with Gasteiger partial charge in [0.2, 0.25) is 5.91 Å². The highest BCUT2D eigenvalue weighted by atomic mass is 16.5. The molecule has 1 atom stereocenters. The Morgan fingerprint density at radius 2 is 1.88 bits per heavy atom. The lowest BCUT2D eigenvalue weighted by molar-refractivity contribution is -0.132. The van der Waals surface area contributed by atoms with Gasteiger partial charge in [0.05, 0.1) is 13.5 Å². The van der Waals surface area contributed by atoms with Crippen molar-refractivity contribution in [2.75, 3.05) is 33.3 Å². The summed E-state index contributed by atoms with van der Waals surface area (Å²) < 4.78 is 5.16. The number of hydrogen-bond donors (Lipinski definition) is 0. The zero-order valence-electron chi connectivity index (χ0n) is 14.9. The van der Waals surface area contributed by atoms with Gasteiger partial charge in [-0.3, -0.25) is 14.7 Å². The molecule has 1 saturated heterocycles. The Kier molecular flexibility index (Phi) is 5.66. The Morgan fingerprint density at radius 1 is 1.16 bits per heavy atom. The molecule has 0 bridgehead atoms. The smallest absolute Gasteiger partial charge is 0.227 e. The maximum atomic E-state index is 12.5. The van der Waals surface area contributed by atoms with Crippen LogP contribution in [0, 0.1) is 0 Å². The van der Waals surface area contributed by atoms with Gasteiger partial charge in [0, 0.05) is 44.6 Å². The van der Waals surface area contributed by atoms with Crippen LogP contribution in [0.4, 0.5) is 0 Å². The monoisotopic (exact) mass is 339 g/mol. The van der Waals surface area contributed by atoms with E-state index in [1.165, 1.54) is 5.56 Å². The number of amides is 1. The number of hydrogen-bond acceptors (Lipinski definition) is 4. The van der Waals surface area contributed by atoms with Crippen molar-refractivity contribution in [2.45, 2.75) is 19.4 Å². The highest BCUT2D eigenvalue weighted by Crippen LogP contribution is 2.21. The van der Waals surface area contributed by atoms with E-state index in [0.717, 1.165) is 37.5 Å². The fourth-order valence-electron chi connectivity index (χ4n) is 3.22. The van der Waals surface area contributed by atoms with E-state index in [-0.39, 0.29) is 5.91 Å². The van der Waals surface area contributed by atoms with Gasteiger partial charge in [0.25, 0.3) is 0 Å². The first-order valence-corrected chi connectivity index (χ1v) is 8.72.